The van der Waals surface area contributed by atoms with Gasteiger partial charge in [0.05, 0.1) is 9.99 Å². The summed E-state index contributed by atoms with van der Waals surface area (Å²) < 4.78 is 14.2. The summed E-state index contributed by atoms with van der Waals surface area (Å²) in [6.45, 7) is 0. The molecular weight excluding hydrogens is 307 g/mol. The third-order valence-corrected chi connectivity index (χ3v) is 4.52. The summed E-state index contributed by atoms with van der Waals surface area (Å²) in [5, 5.41) is 4.15. The number of fused-ring (bicyclic) bond motifs is 1. The lowest BCUT2D eigenvalue weighted by Crippen LogP contribution is -2.01. The SMILES string of the molecule is CNc1cc(C2CCCC2)nc2cc(F)c(Br)cc12. The largest absolute Gasteiger partial charge is 0.388 e. The highest BCUT2D eigenvalue weighted by molar-refractivity contribution is 9.10. The molecule has 2 aromatic rings. The third kappa shape index (κ3) is 2.34. The summed E-state index contributed by atoms with van der Waals surface area (Å²) in [6, 6.07) is 5.42. The average Bonchev–Trinajstić information content (AvgIpc) is 2.93. The number of aromatic nitrogens is 1. The normalized spacial score (nSPS) is 16.2. The zero-order valence-corrected chi connectivity index (χ0v) is 12.4. The first-order valence-corrected chi connectivity index (χ1v) is 7.46. The van der Waals surface area contributed by atoms with Crippen molar-refractivity contribution < 1.29 is 4.39 Å². The summed E-state index contributed by atoms with van der Waals surface area (Å²) in [7, 11) is 1.89. The van der Waals surface area contributed by atoms with Crippen LogP contribution in [0.4, 0.5) is 10.1 Å². The van der Waals surface area contributed by atoms with Crippen molar-refractivity contribution in [2.75, 3.05) is 12.4 Å². The van der Waals surface area contributed by atoms with Crippen molar-refractivity contribution in [1.29, 1.82) is 0 Å². The first-order chi connectivity index (χ1) is 9.19. The second-order valence-electron chi connectivity index (χ2n) is 5.11. The van der Waals surface area contributed by atoms with Gasteiger partial charge in [0.15, 0.2) is 0 Å². The molecule has 1 fully saturated rings. The van der Waals surface area contributed by atoms with Crippen LogP contribution in [0.5, 0.6) is 0 Å². The fraction of sp³-hybridized carbons (Fsp3) is 0.400. The Morgan fingerprint density at radius 2 is 2.00 bits per heavy atom. The van der Waals surface area contributed by atoms with Gasteiger partial charge in [0, 0.05) is 35.8 Å². The van der Waals surface area contributed by atoms with Crippen molar-refractivity contribution in [1.82, 2.24) is 4.98 Å². The zero-order valence-electron chi connectivity index (χ0n) is 10.8. The number of halogens is 2. The van der Waals surface area contributed by atoms with Crippen molar-refractivity contribution >= 4 is 32.5 Å². The molecule has 1 aliphatic rings. The smallest absolute Gasteiger partial charge is 0.139 e. The van der Waals surface area contributed by atoms with Gasteiger partial charge in [-0.05, 0) is 40.9 Å². The molecule has 1 saturated carbocycles. The van der Waals surface area contributed by atoms with Crippen LogP contribution in [-0.4, -0.2) is 12.0 Å². The summed E-state index contributed by atoms with van der Waals surface area (Å²) in [6.07, 6.45) is 4.93. The Bertz CT molecular complexity index is 621. The second kappa shape index (κ2) is 5.08. The van der Waals surface area contributed by atoms with Crippen LogP contribution in [0.15, 0.2) is 22.7 Å². The number of benzene rings is 1. The van der Waals surface area contributed by atoms with E-state index in [1.807, 2.05) is 7.05 Å². The molecular formula is C15H16BrFN2. The topological polar surface area (TPSA) is 24.9 Å². The maximum Gasteiger partial charge on any atom is 0.139 e. The third-order valence-electron chi connectivity index (χ3n) is 3.91. The molecule has 0 aliphatic heterocycles. The number of hydrogen-bond acceptors (Lipinski definition) is 2. The standard InChI is InChI=1S/C15H16BrFN2/c1-18-14-8-13(9-4-2-3-5-9)19-15-7-12(17)11(16)6-10(14)15/h6-9H,2-5H2,1H3,(H,18,19). The van der Waals surface area contributed by atoms with E-state index in [4.69, 9.17) is 0 Å². The van der Waals surface area contributed by atoms with Crippen molar-refractivity contribution in [3.05, 3.63) is 34.2 Å². The molecule has 0 atom stereocenters. The van der Waals surface area contributed by atoms with Crippen LogP contribution in [-0.2, 0) is 0 Å². The number of nitrogens with zero attached hydrogens (tertiary/aromatic N) is 1. The molecule has 1 aliphatic carbocycles. The molecule has 0 saturated heterocycles. The molecule has 4 heteroatoms. The van der Waals surface area contributed by atoms with E-state index in [2.05, 4.69) is 32.3 Å². The minimum Gasteiger partial charge on any atom is -0.388 e. The van der Waals surface area contributed by atoms with E-state index >= 15 is 0 Å². The monoisotopic (exact) mass is 322 g/mol. The minimum absolute atomic E-state index is 0.259. The molecule has 100 valence electrons. The van der Waals surface area contributed by atoms with Gasteiger partial charge in [-0.15, -0.1) is 0 Å². The molecule has 1 aromatic carbocycles. The van der Waals surface area contributed by atoms with Crippen LogP contribution >= 0.6 is 15.9 Å². The molecule has 0 unspecified atom stereocenters. The van der Waals surface area contributed by atoms with Crippen molar-refractivity contribution in [2.24, 2.45) is 0 Å². The van der Waals surface area contributed by atoms with Gasteiger partial charge >= 0.3 is 0 Å². The van der Waals surface area contributed by atoms with Crippen LogP contribution in [0.3, 0.4) is 0 Å². The molecule has 19 heavy (non-hydrogen) atoms. The molecule has 0 radical (unpaired) electrons. The van der Waals surface area contributed by atoms with Crippen LogP contribution in [0.1, 0.15) is 37.3 Å². The van der Waals surface area contributed by atoms with Gasteiger partial charge in [-0.3, -0.25) is 4.98 Å². The first kappa shape index (κ1) is 12.9. The van der Waals surface area contributed by atoms with Gasteiger partial charge in [0.1, 0.15) is 5.82 Å². The molecule has 1 heterocycles. The van der Waals surface area contributed by atoms with Crippen LogP contribution < -0.4 is 5.32 Å². The summed E-state index contributed by atoms with van der Waals surface area (Å²) >= 11 is 3.23. The lowest BCUT2D eigenvalue weighted by atomic mass is 10.0. The van der Waals surface area contributed by atoms with Crippen molar-refractivity contribution in [3.63, 3.8) is 0 Å². The number of anilines is 1. The lowest BCUT2D eigenvalue weighted by molar-refractivity contribution is 0.622. The van der Waals surface area contributed by atoms with Gasteiger partial charge in [-0.2, -0.15) is 0 Å². The summed E-state index contributed by atoms with van der Waals surface area (Å²) in [5.41, 5.74) is 2.85. The number of nitrogens with one attached hydrogen (secondary N) is 1. The quantitative estimate of drug-likeness (QED) is 0.856. The highest BCUT2D eigenvalue weighted by Crippen LogP contribution is 2.36. The molecule has 1 N–H and O–H groups in total. The second-order valence-corrected chi connectivity index (χ2v) is 5.96. The van der Waals surface area contributed by atoms with Crippen LogP contribution in [0, 0.1) is 5.82 Å². The Kier molecular flexibility index (Phi) is 3.44. The van der Waals surface area contributed by atoms with Crippen LogP contribution in [0.2, 0.25) is 0 Å². The number of hydrogen-bond donors (Lipinski definition) is 1. The number of rotatable bonds is 2. The van der Waals surface area contributed by atoms with E-state index in [9.17, 15) is 4.39 Å². The minimum atomic E-state index is -0.259. The Morgan fingerprint density at radius 1 is 1.26 bits per heavy atom. The number of pyridine rings is 1. The Hall–Kier alpha value is -1.16. The molecule has 0 amide bonds. The van der Waals surface area contributed by atoms with E-state index in [0.29, 0.717) is 10.4 Å². The maximum absolute atomic E-state index is 13.7. The highest BCUT2D eigenvalue weighted by atomic mass is 79.9. The van der Waals surface area contributed by atoms with Crippen molar-refractivity contribution in [2.45, 2.75) is 31.6 Å². The van der Waals surface area contributed by atoms with E-state index in [-0.39, 0.29) is 5.82 Å². The van der Waals surface area contributed by atoms with E-state index in [1.54, 1.807) is 6.07 Å². The van der Waals surface area contributed by atoms with Gasteiger partial charge in [-0.25, -0.2) is 4.39 Å². The summed E-state index contributed by atoms with van der Waals surface area (Å²) in [5.74, 6) is 0.272. The van der Waals surface area contributed by atoms with E-state index in [1.165, 1.54) is 31.7 Å². The molecule has 2 nitrogen and oxygen atoms in total. The summed E-state index contributed by atoms with van der Waals surface area (Å²) in [4.78, 5) is 4.67. The van der Waals surface area contributed by atoms with Gasteiger partial charge in [0.25, 0.3) is 0 Å². The Morgan fingerprint density at radius 3 is 2.68 bits per heavy atom. The maximum atomic E-state index is 13.7. The molecule has 0 spiro atoms. The highest BCUT2D eigenvalue weighted by Gasteiger charge is 2.20. The fourth-order valence-corrected chi connectivity index (χ4v) is 3.22. The van der Waals surface area contributed by atoms with Gasteiger partial charge < -0.3 is 5.32 Å². The van der Waals surface area contributed by atoms with E-state index in [0.717, 1.165) is 22.3 Å². The predicted octanol–water partition coefficient (Wildman–Crippen LogP) is 4.84. The molecule has 3 rings (SSSR count). The van der Waals surface area contributed by atoms with Gasteiger partial charge in [-0.1, -0.05) is 12.8 Å². The van der Waals surface area contributed by atoms with Crippen molar-refractivity contribution in [3.8, 4) is 0 Å². The Balaban J connectivity index is 2.18. The molecule has 1 aromatic heterocycles. The van der Waals surface area contributed by atoms with Gasteiger partial charge in [0.2, 0.25) is 0 Å². The fourth-order valence-electron chi connectivity index (χ4n) is 2.88. The van der Waals surface area contributed by atoms with E-state index < -0.39 is 0 Å². The Labute approximate surface area is 120 Å². The lowest BCUT2D eigenvalue weighted by Gasteiger charge is -2.14. The predicted molar refractivity (Wildman–Crippen MR) is 80.2 cm³/mol. The first-order valence-electron chi connectivity index (χ1n) is 6.66. The molecule has 0 bridgehead atoms. The van der Waals surface area contributed by atoms with Crippen LogP contribution in [0.25, 0.3) is 10.9 Å². The average molecular weight is 323 g/mol. The zero-order chi connectivity index (χ0) is 13.4.